The molecule has 1 aromatic rings. The minimum atomic E-state index is -3.67. The van der Waals surface area contributed by atoms with Crippen molar-refractivity contribution in [3.8, 4) is 0 Å². The molecule has 2 aliphatic rings. The first-order chi connectivity index (χ1) is 10.9. The summed E-state index contributed by atoms with van der Waals surface area (Å²) in [6, 6.07) is 6.21. The van der Waals surface area contributed by atoms with Gasteiger partial charge in [-0.25, -0.2) is 12.7 Å². The van der Waals surface area contributed by atoms with E-state index in [0.29, 0.717) is 31.9 Å². The van der Waals surface area contributed by atoms with Crippen molar-refractivity contribution in [2.45, 2.75) is 6.92 Å². The van der Waals surface area contributed by atoms with Gasteiger partial charge in [-0.2, -0.15) is 0 Å². The molecule has 2 saturated heterocycles. The van der Waals surface area contributed by atoms with Gasteiger partial charge in [0.2, 0.25) is 15.9 Å². The molecular formula is C15H18N2O5S. The van der Waals surface area contributed by atoms with E-state index in [1.807, 2.05) is 0 Å². The highest BCUT2D eigenvalue weighted by Crippen LogP contribution is 2.29. The average molecular weight is 338 g/mol. The summed E-state index contributed by atoms with van der Waals surface area (Å²) in [5.74, 6) is -1.42. The van der Waals surface area contributed by atoms with Gasteiger partial charge < -0.3 is 9.64 Å². The smallest absolute Gasteiger partial charge is 0.254 e. The summed E-state index contributed by atoms with van der Waals surface area (Å²) in [5, 5.41) is 0. The maximum Gasteiger partial charge on any atom is 0.254 e. The Morgan fingerprint density at radius 3 is 2.57 bits per heavy atom. The summed E-state index contributed by atoms with van der Waals surface area (Å²) in [6.45, 7) is 3.56. The van der Waals surface area contributed by atoms with Crippen molar-refractivity contribution in [3.05, 3.63) is 29.8 Å². The third kappa shape index (κ3) is 2.96. The summed E-state index contributed by atoms with van der Waals surface area (Å²) in [6.07, 6.45) is 0. The zero-order chi connectivity index (χ0) is 16.6. The summed E-state index contributed by atoms with van der Waals surface area (Å²) >= 11 is 0. The van der Waals surface area contributed by atoms with Crippen molar-refractivity contribution in [2.24, 2.45) is 5.92 Å². The molecule has 0 radical (unpaired) electrons. The number of morpholine rings is 1. The van der Waals surface area contributed by atoms with Crippen LogP contribution in [0.15, 0.2) is 24.3 Å². The number of hydrogen-bond acceptors (Lipinski definition) is 5. The van der Waals surface area contributed by atoms with Crippen LogP contribution >= 0.6 is 0 Å². The van der Waals surface area contributed by atoms with E-state index in [1.165, 1.54) is 12.1 Å². The van der Waals surface area contributed by atoms with Crippen LogP contribution in [0.2, 0.25) is 0 Å². The summed E-state index contributed by atoms with van der Waals surface area (Å²) in [7, 11) is -3.67. The molecule has 0 spiro atoms. The highest BCUT2D eigenvalue weighted by molar-refractivity contribution is 7.94. The maximum absolute atomic E-state index is 12.5. The van der Waals surface area contributed by atoms with Gasteiger partial charge in [-0.05, 0) is 18.2 Å². The highest BCUT2D eigenvalue weighted by Gasteiger charge is 2.42. The Labute approximate surface area is 134 Å². The third-order valence-corrected chi connectivity index (χ3v) is 5.85. The summed E-state index contributed by atoms with van der Waals surface area (Å²) in [5.41, 5.74) is 0.588. The average Bonchev–Trinajstić information content (AvgIpc) is 2.75. The number of benzene rings is 1. The fourth-order valence-electron chi connectivity index (χ4n) is 2.80. The lowest BCUT2D eigenvalue weighted by Crippen LogP contribution is -2.40. The lowest BCUT2D eigenvalue weighted by atomic mass is 10.1. The van der Waals surface area contributed by atoms with Crippen LogP contribution in [0, 0.1) is 5.92 Å². The molecule has 0 bridgehead atoms. The fourth-order valence-corrected chi connectivity index (χ4v) is 4.61. The standard InChI is InChI=1S/C15H18N2O5S/c1-11-10-23(20,21)17(14(11)18)13-4-2-3-12(9-13)15(19)16-5-7-22-8-6-16/h2-4,9,11H,5-8,10H2,1H3/t11-/m0/s1. The molecule has 2 fully saturated rings. The van der Waals surface area contributed by atoms with Crippen molar-refractivity contribution >= 4 is 27.5 Å². The predicted molar refractivity (Wildman–Crippen MR) is 83.6 cm³/mol. The van der Waals surface area contributed by atoms with Gasteiger partial charge in [-0.3, -0.25) is 9.59 Å². The van der Waals surface area contributed by atoms with Crippen LogP contribution in [0.3, 0.4) is 0 Å². The second kappa shape index (κ2) is 5.93. The first-order valence-corrected chi connectivity index (χ1v) is 9.05. The zero-order valence-electron chi connectivity index (χ0n) is 12.8. The summed E-state index contributed by atoms with van der Waals surface area (Å²) < 4.78 is 30.3. The van der Waals surface area contributed by atoms with Gasteiger partial charge in [-0.1, -0.05) is 13.0 Å². The van der Waals surface area contributed by atoms with Crippen molar-refractivity contribution < 1.29 is 22.7 Å². The Morgan fingerprint density at radius 2 is 1.96 bits per heavy atom. The SMILES string of the molecule is C[C@H]1CS(=O)(=O)N(c2cccc(C(=O)N3CCOCC3)c2)C1=O. The van der Waals surface area contributed by atoms with Gasteiger partial charge in [0, 0.05) is 18.7 Å². The molecule has 2 heterocycles. The number of amides is 2. The van der Waals surface area contributed by atoms with Crippen LogP contribution < -0.4 is 4.31 Å². The molecular weight excluding hydrogens is 320 g/mol. The Morgan fingerprint density at radius 1 is 1.26 bits per heavy atom. The van der Waals surface area contributed by atoms with Gasteiger partial charge in [0.25, 0.3) is 5.91 Å². The van der Waals surface area contributed by atoms with Crippen molar-refractivity contribution in [2.75, 3.05) is 36.4 Å². The van der Waals surface area contributed by atoms with Gasteiger partial charge in [0.15, 0.2) is 0 Å². The Balaban J connectivity index is 1.91. The molecule has 3 rings (SSSR count). The molecule has 0 N–H and O–H groups in total. The van der Waals surface area contributed by atoms with E-state index in [1.54, 1.807) is 24.0 Å². The van der Waals surface area contributed by atoms with Crippen molar-refractivity contribution in [1.82, 2.24) is 4.90 Å². The van der Waals surface area contributed by atoms with Crippen LogP contribution in [0.25, 0.3) is 0 Å². The molecule has 124 valence electrons. The first kappa shape index (κ1) is 15.9. The topological polar surface area (TPSA) is 84.0 Å². The van der Waals surface area contributed by atoms with Gasteiger partial charge >= 0.3 is 0 Å². The molecule has 1 aromatic carbocycles. The van der Waals surface area contributed by atoms with E-state index in [4.69, 9.17) is 4.74 Å². The van der Waals surface area contributed by atoms with E-state index in [-0.39, 0.29) is 17.3 Å². The molecule has 0 saturated carbocycles. The first-order valence-electron chi connectivity index (χ1n) is 7.44. The number of ether oxygens (including phenoxy) is 1. The molecule has 2 amide bonds. The molecule has 7 nitrogen and oxygen atoms in total. The molecule has 2 aliphatic heterocycles. The number of carbonyl (C=O) groups excluding carboxylic acids is 2. The third-order valence-electron chi connectivity index (χ3n) is 3.99. The quantitative estimate of drug-likeness (QED) is 0.783. The lowest BCUT2D eigenvalue weighted by Gasteiger charge is -2.27. The van der Waals surface area contributed by atoms with Crippen LogP contribution in [-0.4, -0.2) is 57.2 Å². The molecule has 0 unspecified atom stereocenters. The molecule has 8 heteroatoms. The predicted octanol–water partition coefficient (Wildman–Crippen LogP) is 0.472. The summed E-state index contributed by atoms with van der Waals surface area (Å²) in [4.78, 5) is 26.3. The molecule has 0 aliphatic carbocycles. The van der Waals surface area contributed by atoms with Gasteiger partial charge in [0.1, 0.15) is 0 Å². The Bertz CT molecular complexity index is 740. The van der Waals surface area contributed by atoms with Gasteiger partial charge in [-0.15, -0.1) is 0 Å². The van der Waals surface area contributed by atoms with Crippen LogP contribution in [0.5, 0.6) is 0 Å². The molecule has 0 aromatic heterocycles. The van der Waals surface area contributed by atoms with Crippen LogP contribution in [0.4, 0.5) is 5.69 Å². The number of hydrogen-bond donors (Lipinski definition) is 0. The largest absolute Gasteiger partial charge is 0.378 e. The normalized spacial score (nSPS) is 24.0. The minimum Gasteiger partial charge on any atom is -0.378 e. The second-order valence-electron chi connectivity index (χ2n) is 5.74. The highest BCUT2D eigenvalue weighted by atomic mass is 32.2. The monoisotopic (exact) mass is 338 g/mol. The van der Waals surface area contributed by atoms with E-state index >= 15 is 0 Å². The molecule has 1 atom stereocenters. The van der Waals surface area contributed by atoms with E-state index in [9.17, 15) is 18.0 Å². The van der Waals surface area contributed by atoms with E-state index < -0.39 is 21.8 Å². The Hall–Kier alpha value is -1.93. The Kier molecular flexibility index (Phi) is 4.11. The van der Waals surface area contributed by atoms with Crippen LogP contribution in [-0.2, 0) is 19.6 Å². The van der Waals surface area contributed by atoms with E-state index in [2.05, 4.69) is 0 Å². The number of sulfonamides is 1. The lowest BCUT2D eigenvalue weighted by molar-refractivity contribution is -0.119. The van der Waals surface area contributed by atoms with Crippen molar-refractivity contribution in [1.29, 1.82) is 0 Å². The van der Waals surface area contributed by atoms with Crippen molar-refractivity contribution in [3.63, 3.8) is 0 Å². The maximum atomic E-state index is 12.5. The van der Waals surface area contributed by atoms with E-state index in [0.717, 1.165) is 4.31 Å². The second-order valence-corrected chi connectivity index (χ2v) is 7.60. The number of anilines is 1. The minimum absolute atomic E-state index is 0.188. The number of rotatable bonds is 2. The number of nitrogens with zero attached hydrogens (tertiary/aromatic N) is 2. The molecule has 23 heavy (non-hydrogen) atoms. The zero-order valence-corrected chi connectivity index (χ0v) is 13.6. The van der Waals surface area contributed by atoms with Crippen LogP contribution in [0.1, 0.15) is 17.3 Å². The fraction of sp³-hybridized carbons (Fsp3) is 0.467. The van der Waals surface area contributed by atoms with Gasteiger partial charge in [0.05, 0.1) is 30.6 Å². The number of carbonyl (C=O) groups is 2.